The molecule has 3 saturated heterocycles. The zero-order valence-corrected chi connectivity index (χ0v) is 24.4. The van der Waals surface area contributed by atoms with Crippen LogP contribution in [0.5, 0.6) is 0 Å². The number of hydrogen-bond acceptors (Lipinski definition) is 5. The van der Waals surface area contributed by atoms with Crippen molar-refractivity contribution < 1.29 is 24.2 Å². The molecule has 8 nitrogen and oxygen atoms in total. The highest BCUT2D eigenvalue weighted by atomic mass is 16.5. The van der Waals surface area contributed by atoms with Crippen LogP contribution in [0.3, 0.4) is 0 Å². The molecule has 0 aromatic heterocycles. The Balaban J connectivity index is 1.81. The lowest BCUT2D eigenvalue weighted by Crippen LogP contribution is -2.61. The van der Waals surface area contributed by atoms with Crippen molar-refractivity contribution >= 4 is 17.7 Å². The van der Waals surface area contributed by atoms with Crippen molar-refractivity contribution in [2.24, 2.45) is 17.8 Å². The maximum atomic E-state index is 14.7. The fourth-order valence-corrected chi connectivity index (χ4v) is 8.02. The van der Waals surface area contributed by atoms with E-state index in [0.717, 1.165) is 38.5 Å². The third-order valence-corrected chi connectivity index (χ3v) is 9.81. The number of hydrogen-bond donors (Lipinski definition) is 1. The number of nitrogens with zero attached hydrogens (tertiary/aromatic N) is 3. The molecule has 1 saturated carbocycles. The standard InChI is InChI=1S/C31H49N3O5/c1-7-17-32(18-8-2)27(36)24-25-28(37)34(23(20-35)21(4)5)26(31(25)16-15-30(24,6)39-31)29(38)33(19-9-3)22-13-11-10-12-14-22/h7,9,21-26,35H,1,3,8,10-20H2,2,4-6H3/t23-,24+,25-,26?,30-,31?/m0/s1. The SMILES string of the molecule is C=CCN(CCC)C(=O)[C@H]1[C@H]2C(=O)N([C@@H](CO)C(C)C)C(C(=O)N(CC=C)C3CCCCC3)C23CC[C@]1(C)O3. The first-order valence-corrected chi connectivity index (χ1v) is 15.1. The number of ether oxygens (including phenoxy) is 1. The first-order chi connectivity index (χ1) is 18.6. The van der Waals surface area contributed by atoms with Crippen molar-refractivity contribution in [2.75, 3.05) is 26.2 Å². The van der Waals surface area contributed by atoms with Gasteiger partial charge in [0.05, 0.1) is 30.1 Å². The molecule has 0 radical (unpaired) electrons. The fraction of sp³-hybridized carbons (Fsp3) is 0.774. The highest BCUT2D eigenvalue weighted by Gasteiger charge is 2.79. The monoisotopic (exact) mass is 543 g/mol. The predicted octanol–water partition coefficient (Wildman–Crippen LogP) is 3.54. The largest absolute Gasteiger partial charge is 0.394 e. The second kappa shape index (κ2) is 11.7. The molecule has 39 heavy (non-hydrogen) atoms. The van der Waals surface area contributed by atoms with Gasteiger partial charge in [-0.1, -0.05) is 52.2 Å². The maximum absolute atomic E-state index is 14.7. The van der Waals surface area contributed by atoms with Gasteiger partial charge < -0.3 is 24.5 Å². The highest BCUT2D eigenvalue weighted by molar-refractivity contribution is 5.99. The summed E-state index contributed by atoms with van der Waals surface area (Å²) in [5.74, 6) is -1.99. The summed E-state index contributed by atoms with van der Waals surface area (Å²) in [4.78, 5) is 48.6. The first kappa shape index (κ1) is 29.8. The van der Waals surface area contributed by atoms with Gasteiger partial charge >= 0.3 is 0 Å². The Labute approximate surface area is 234 Å². The summed E-state index contributed by atoms with van der Waals surface area (Å²) in [6, 6.07) is -1.34. The Kier molecular flexibility index (Phi) is 8.96. The molecule has 218 valence electrons. The van der Waals surface area contributed by atoms with E-state index >= 15 is 0 Å². The lowest BCUT2D eigenvalue weighted by atomic mass is 9.66. The van der Waals surface area contributed by atoms with Crippen LogP contribution in [0.4, 0.5) is 0 Å². The van der Waals surface area contributed by atoms with Crippen LogP contribution in [0.15, 0.2) is 25.3 Å². The molecule has 2 unspecified atom stereocenters. The molecule has 0 aromatic carbocycles. The number of carbonyl (C=O) groups excluding carboxylic acids is 3. The number of rotatable bonds is 12. The van der Waals surface area contributed by atoms with E-state index < -0.39 is 35.1 Å². The smallest absolute Gasteiger partial charge is 0.248 e. The Morgan fingerprint density at radius 1 is 1.13 bits per heavy atom. The summed E-state index contributed by atoms with van der Waals surface area (Å²) < 4.78 is 6.85. The molecule has 1 spiro atoms. The number of likely N-dealkylation sites (tertiary alicyclic amines) is 1. The van der Waals surface area contributed by atoms with E-state index in [-0.39, 0.29) is 36.3 Å². The summed E-state index contributed by atoms with van der Waals surface area (Å²) in [6.07, 6.45) is 10.6. The third kappa shape index (κ3) is 4.86. The number of amides is 3. The quantitative estimate of drug-likeness (QED) is 0.380. The normalized spacial score (nSPS) is 32.8. The van der Waals surface area contributed by atoms with Gasteiger partial charge in [0.25, 0.3) is 0 Å². The van der Waals surface area contributed by atoms with Gasteiger partial charge in [-0.2, -0.15) is 0 Å². The zero-order chi connectivity index (χ0) is 28.5. The highest BCUT2D eigenvalue weighted by Crippen LogP contribution is 2.64. The molecular formula is C31H49N3O5. The molecule has 4 fully saturated rings. The van der Waals surface area contributed by atoms with Crippen molar-refractivity contribution in [1.82, 2.24) is 14.7 Å². The van der Waals surface area contributed by atoms with E-state index in [1.54, 1.807) is 22.0 Å². The summed E-state index contributed by atoms with van der Waals surface area (Å²) in [7, 11) is 0. The van der Waals surface area contributed by atoms with E-state index in [1.165, 1.54) is 0 Å². The van der Waals surface area contributed by atoms with Crippen molar-refractivity contribution in [3.05, 3.63) is 25.3 Å². The topological polar surface area (TPSA) is 90.4 Å². The average molecular weight is 544 g/mol. The van der Waals surface area contributed by atoms with Gasteiger partial charge in [-0.05, 0) is 44.9 Å². The Morgan fingerprint density at radius 3 is 2.36 bits per heavy atom. The molecule has 6 atom stereocenters. The molecule has 4 aliphatic rings. The van der Waals surface area contributed by atoms with Crippen LogP contribution in [0.1, 0.15) is 79.1 Å². The summed E-state index contributed by atoms with van der Waals surface area (Å²) >= 11 is 0. The number of aliphatic hydroxyl groups excluding tert-OH is 1. The molecule has 2 bridgehead atoms. The second-order valence-electron chi connectivity index (χ2n) is 12.6. The van der Waals surface area contributed by atoms with E-state index in [1.807, 2.05) is 32.6 Å². The maximum Gasteiger partial charge on any atom is 0.248 e. The summed E-state index contributed by atoms with van der Waals surface area (Å²) in [5, 5.41) is 10.5. The van der Waals surface area contributed by atoms with Crippen LogP contribution in [-0.2, 0) is 19.1 Å². The zero-order valence-electron chi connectivity index (χ0n) is 24.4. The first-order valence-electron chi connectivity index (χ1n) is 15.1. The summed E-state index contributed by atoms with van der Waals surface area (Å²) in [6.45, 7) is 16.8. The average Bonchev–Trinajstić information content (AvgIpc) is 3.48. The van der Waals surface area contributed by atoms with Gasteiger partial charge in [0.1, 0.15) is 11.6 Å². The summed E-state index contributed by atoms with van der Waals surface area (Å²) in [5.41, 5.74) is -1.92. The van der Waals surface area contributed by atoms with Crippen LogP contribution < -0.4 is 0 Å². The van der Waals surface area contributed by atoms with Crippen LogP contribution in [0, 0.1) is 17.8 Å². The van der Waals surface area contributed by atoms with Gasteiger partial charge in [0, 0.05) is 25.7 Å². The van der Waals surface area contributed by atoms with Crippen LogP contribution in [0.25, 0.3) is 0 Å². The van der Waals surface area contributed by atoms with Crippen molar-refractivity contribution in [1.29, 1.82) is 0 Å². The Hall–Kier alpha value is -2.19. The van der Waals surface area contributed by atoms with E-state index in [4.69, 9.17) is 4.74 Å². The number of carbonyl (C=O) groups is 3. The molecule has 0 aromatic rings. The van der Waals surface area contributed by atoms with Crippen LogP contribution in [0.2, 0.25) is 0 Å². The van der Waals surface area contributed by atoms with E-state index in [2.05, 4.69) is 13.2 Å². The Bertz CT molecular complexity index is 962. The molecule has 3 heterocycles. The van der Waals surface area contributed by atoms with Gasteiger partial charge in [0.15, 0.2) is 0 Å². The number of fused-ring (bicyclic) bond motifs is 1. The van der Waals surface area contributed by atoms with Gasteiger partial charge in [-0.15, -0.1) is 13.2 Å². The predicted molar refractivity (Wildman–Crippen MR) is 151 cm³/mol. The minimum atomic E-state index is -1.09. The van der Waals surface area contributed by atoms with Crippen molar-refractivity contribution in [3.63, 3.8) is 0 Å². The lowest BCUT2D eigenvalue weighted by molar-refractivity contribution is -0.159. The van der Waals surface area contributed by atoms with Crippen LogP contribution >= 0.6 is 0 Å². The second-order valence-corrected chi connectivity index (χ2v) is 12.6. The van der Waals surface area contributed by atoms with Crippen molar-refractivity contribution in [2.45, 2.75) is 108 Å². The molecule has 8 heteroatoms. The minimum absolute atomic E-state index is 0.0775. The molecule has 1 aliphatic carbocycles. The van der Waals surface area contributed by atoms with E-state index in [9.17, 15) is 19.5 Å². The minimum Gasteiger partial charge on any atom is -0.394 e. The molecule has 3 amide bonds. The lowest BCUT2D eigenvalue weighted by Gasteiger charge is -2.43. The molecule has 3 aliphatic heterocycles. The fourth-order valence-electron chi connectivity index (χ4n) is 8.02. The van der Waals surface area contributed by atoms with Crippen molar-refractivity contribution in [3.8, 4) is 0 Å². The Morgan fingerprint density at radius 2 is 1.79 bits per heavy atom. The molecule has 1 N–H and O–H groups in total. The van der Waals surface area contributed by atoms with Gasteiger partial charge in [-0.3, -0.25) is 14.4 Å². The number of aliphatic hydroxyl groups is 1. The van der Waals surface area contributed by atoms with E-state index in [0.29, 0.717) is 32.5 Å². The molecular weight excluding hydrogens is 494 g/mol. The molecule has 4 rings (SSSR count). The van der Waals surface area contributed by atoms with Gasteiger partial charge in [0.2, 0.25) is 17.7 Å². The van der Waals surface area contributed by atoms with Gasteiger partial charge in [-0.25, -0.2) is 0 Å². The van der Waals surface area contributed by atoms with Crippen LogP contribution in [-0.4, -0.2) is 93.1 Å². The third-order valence-electron chi connectivity index (χ3n) is 9.81.